The van der Waals surface area contributed by atoms with Crippen LogP contribution in [-0.2, 0) is 10.3 Å². The van der Waals surface area contributed by atoms with E-state index in [9.17, 15) is 0 Å². The Bertz CT molecular complexity index is 395. The summed E-state index contributed by atoms with van der Waals surface area (Å²) in [7, 11) is 1.76. The van der Waals surface area contributed by atoms with Crippen LogP contribution in [0.5, 0.6) is 0 Å². The minimum absolute atomic E-state index is 0.0640. The Balaban J connectivity index is 2.21. The largest absolute Gasteiger partial charge is 0.383 e. The molecule has 1 saturated carbocycles. The first-order valence-electron chi connectivity index (χ1n) is 7.22. The molecular formula is C15H26N2OS. The van der Waals surface area contributed by atoms with Gasteiger partial charge in [0, 0.05) is 24.7 Å². The van der Waals surface area contributed by atoms with Gasteiger partial charge in [-0.3, -0.25) is 0 Å². The third kappa shape index (κ3) is 3.56. The molecule has 1 fully saturated rings. The minimum Gasteiger partial charge on any atom is -0.383 e. The molecule has 3 nitrogen and oxygen atoms in total. The van der Waals surface area contributed by atoms with Crippen molar-refractivity contribution in [2.45, 2.75) is 45.6 Å². The molecule has 1 aromatic rings. The molecule has 1 aliphatic carbocycles. The van der Waals surface area contributed by atoms with E-state index in [1.807, 2.05) is 0 Å². The standard InChI is InChI=1S/C15H26N2OS/c1-11-7-12(2)9-15(8-11,16-5-6-18-4)14-17-13(3)10-19-14/h10-12,16H,5-9H2,1-4H3. The van der Waals surface area contributed by atoms with Gasteiger partial charge in [0.15, 0.2) is 0 Å². The number of hydrogen-bond donors (Lipinski definition) is 1. The zero-order valence-electron chi connectivity index (χ0n) is 12.5. The highest BCUT2D eigenvalue weighted by Gasteiger charge is 2.40. The van der Waals surface area contributed by atoms with Crippen molar-refractivity contribution in [3.05, 3.63) is 16.1 Å². The molecule has 2 unspecified atom stereocenters. The van der Waals surface area contributed by atoms with Crippen LogP contribution < -0.4 is 5.32 Å². The van der Waals surface area contributed by atoms with Crippen LogP contribution in [0, 0.1) is 18.8 Å². The molecule has 1 heterocycles. The van der Waals surface area contributed by atoms with Gasteiger partial charge in [-0.25, -0.2) is 4.98 Å². The summed E-state index contributed by atoms with van der Waals surface area (Å²) in [4.78, 5) is 4.77. The Labute approximate surface area is 120 Å². The van der Waals surface area contributed by atoms with Gasteiger partial charge in [-0.2, -0.15) is 0 Å². The van der Waals surface area contributed by atoms with Gasteiger partial charge in [0.25, 0.3) is 0 Å². The van der Waals surface area contributed by atoms with Crippen molar-refractivity contribution >= 4 is 11.3 Å². The lowest BCUT2D eigenvalue weighted by Crippen LogP contribution is -2.48. The fraction of sp³-hybridized carbons (Fsp3) is 0.800. The highest BCUT2D eigenvalue weighted by molar-refractivity contribution is 7.09. The van der Waals surface area contributed by atoms with E-state index in [0.29, 0.717) is 0 Å². The Morgan fingerprint density at radius 1 is 1.42 bits per heavy atom. The van der Waals surface area contributed by atoms with E-state index < -0.39 is 0 Å². The lowest BCUT2D eigenvalue weighted by atomic mass is 9.72. The van der Waals surface area contributed by atoms with E-state index in [2.05, 4.69) is 31.5 Å². The fourth-order valence-electron chi connectivity index (χ4n) is 3.49. The second-order valence-electron chi connectivity index (χ2n) is 6.15. The van der Waals surface area contributed by atoms with Crippen molar-refractivity contribution in [1.29, 1.82) is 0 Å². The van der Waals surface area contributed by atoms with E-state index in [1.165, 1.54) is 24.3 Å². The van der Waals surface area contributed by atoms with E-state index in [0.717, 1.165) is 30.7 Å². The summed E-state index contributed by atoms with van der Waals surface area (Å²) in [6.07, 6.45) is 3.71. The molecule has 0 aromatic carbocycles. The van der Waals surface area contributed by atoms with Gasteiger partial charge in [0.1, 0.15) is 5.01 Å². The Kier molecular flexibility index (Phi) is 4.98. The number of methoxy groups -OCH3 is 1. The van der Waals surface area contributed by atoms with Crippen LogP contribution in [0.4, 0.5) is 0 Å². The number of nitrogens with zero attached hydrogens (tertiary/aromatic N) is 1. The monoisotopic (exact) mass is 282 g/mol. The summed E-state index contributed by atoms with van der Waals surface area (Å²) in [6.45, 7) is 8.47. The van der Waals surface area contributed by atoms with Crippen molar-refractivity contribution in [3.8, 4) is 0 Å². The van der Waals surface area contributed by atoms with Crippen LogP contribution in [0.3, 0.4) is 0 Å². The van der Waals surface area contributed by atoms with Crippen LogP contribution in [0.15, 0.2) is 5.38 Å². The van der Waals surface area contributed by atoms with E-state index >= 15 is 0 Å². The molecule has 0 aliphatic heterocycles. The van der Waals surface area contributed by atoms with Crippen molar-refractivity contribution < 1.29 is 4.74 Å². The highest BCUT2D eigenvalue weighted by Crippen LogP contribution is 2.43. The zero-order valence-corrected chi connectivity index (χ0v) is 13.3. The molecule has 4 heteroatoms. The van der Waals surface area contributed by atoms with Gasteiger partial charge in [0.2, 0.25) is 0 Å². The molecule has 19 heavy (non-hydrogen) atoms. The van der Waals surface area contributed by atoms with Crippen LogP contribution in [0.25, 0.3) is 0 Å². The molecule has 0 amide bonds. The van der Waals surface area contributed by atoms with Gasteiger partial charge in [-0.15, -0.1) is 11.3 Å². The molecule has 2 atom stereocenters. The van der Waals surface area contributed by atoms with E-state index in [4.69, 9.17) is 9.72 Å². The third-order valence-corrected chi connectivity index (χ3v) is 5.16. The number of ether oxygens (including phenoxy) is 1. The molecule has 108 valence electrons. The van der Waals surface area contributed by atoms with Gasteiger partial charge < -0.3 is 10.1 Å². The summed E-state index contributed by atoms with van der Waals surface area (Å²) in [5.74, 6) is 1.51. The zero-order chi connectivity index (χ0) is 13.9. The number of aromatic nitrogens is 1. The lowest BCUT2D eigenvalue weighted by Gasteiger charge is -2.42. The Hall–Kier alpha value is -0.450. The second-order valence-corrected chi connectivity index (χ2v) is 7.01. The Morgan fingerprint density at radius 2 is 2.11 bits per heavy atom. The first kappa shape index (κ1) is 14.9. The van der Waals surface area contributed by atoms with Gasteiger partial charge in [-0.1, -0.05) is 13.8 Å². The van der Waals surface area contributed by atoms with E-state index in [1.54, 1.807) is 18.4 Å². The van der Waals surface area contributed by atoms with Gasteiger partial charge >= 0.3 is 0 Å². The molecule has 2 rings (SSSR count). The normalized spacial score (nSPS) is 31.6. The smallest absolute Gasteiger partial charge is 0.113 e. The first-order valence-corrected chi connectivity index (χ1v) is 8.10. The fourth-order valence-corrected chi connectivity index (χ4v) is 4.48. The number of aryl methyl sites for hydroxylation is 1. The van der Waals surface area contributed by atoms with Crippen molar-refractivity contribution in [2.24, 2.45) is 11.8 Å². The van der Waals surface area contributed by atoms with Crippen LogP contribution in [0.1, 0.15) is 43.8 Å². The molecule has 1 aliphatic rings. The summed E-state index contributed by atoms with van der Waals surface area (Å²) in [5.41, 5.74) is 1.20. The van der Waals surface area contributed by atoms with Crippen molar-refractivity contribution in [3.63, 3.8) is 0 Å². The maximum atomic E-state index is 5.19. The maximum Gasteiger partial charge on any atom is 0.113 e. The van der Waals surface area contributed by atoms with Crippen molar-refractivity contribution in [2.75, 3.05) is 20.3 Å². The molecule has 0 saturated heterocycles. The first-order chi connectivity index (χ1) is 9.05. The second kappa shape index (κ2) is 6.33. The predicted octanol–water partition coefficient (Wildman–Crippen LogP) is 3.34. The van der Waals surface area contributed by atoms with Crippen LogP contribution in [0.2, 0.25) is 0 Å². The van der Waals surface area contributed by atoms with Crippen molar-refractivity contribution in [1.82, 2.24) is 10.3 Å². The molecule has 1 aromatic heterocycles. The summed E-state index contributed by atoms with van der Waals surface area (Å²) >= 11 is 1.80. The molecule has 0 spiro atoms. The summed E-state index contributed by atoms with van der Waals surface area (Å²) < 4.78 is 5.19. The van der Waals surface area contributed by atoms with Gasteiger partial charge in [-0.05, 0) is 38.0 Å². The predicted molar refractivity (Wildman–Crippen MR) is 80.6 cm³/mol. The number of thiazole rings is 1. The Morgan fingerprint density at radius 3 is 2.63 bits per heavy atom. The van der Waals surface area contributed by atoms with Crippen LogP contribution in [-0.4, -0.2) is 25.2 Å². The average Bonchev–Trinajstić information content (AvgIpc) is 2.75. The SMILES string of the molecule is COCCNC1(c2nc(C)cs2)CC(C)CC(C)C1. The lowest BCUT2D eigenvalue weighted by molar-refractivity contribution is 0.123. The summed E-state index contributed by atoms with van der Waals surface area (Å²) in [5, 5.41) is 7.18. The number of hydrogen-bond acceptors (Lipinski definition) is 4. The summed E-state index contributed by atoms with van der Waals surface area (Å²) in [6, 6.07) is 0. The quantitative estimate of drug-likeness (QED) is 0.841. The van der Waals surface area contributed by atoms with E-state index in [-0.39, 0.29) is 5.54 Å². The highest BCUT2D eigenvalue weighted by atomic mass is 32.1. The number of rotatable bonds is 5. The maximum absolute atomic E-state index is 5.19. The van der Waals surface area contributed by atoms with Crippen LogP contribution >= 0.6 is 11.3 Å². The average molecular weight is 282 g/mol. The molecule has 0 bridgehead atoms. The topological polar surface area (TPSA) is 34.1 Å². The third-order valence-electron chi connectivity index (χ3n) is 4.00. The number of nitrogens with one attached hydrogen (secondary N) is 1. The van der Waals surface area contributed by atoms with Gasteiger partial charge in [0.05, 0.1) is 12.1 Å². The molecule has 1 N–H and O–H groups in total. The minimum atomic E-state index is 0.0640. The molecular weight excluding hydrogens is 256 g/mol. The molecule has 0 radical (unpaired) electrons.